The molecule has 0 aromatic heterocycles. The monoisotopic (exact) mass is 409 g/mol. The number of nitrogens with one attached hydrogen (secondary N) is 2. The first-order valence-corrected chi connectivity index (χ1v) is 10.4. The maximum absolute atomic E-state index is 11.7. The molecule has 7 nitrogen and oxygen atoms in total. The first kappa shape index (κ1) is 21.5. The van der Waals surface area contributed by atoms with Crippen molar-refractivity contribution in [2.24, 2.45) is 4.99 Å². The minimum Gasteiger partial charge on any atom is -0.497 e. The van der Waals surface area contributed by atoms with Gasteiger partial charge in [0.15, 0.2) is 5.96 Å². The lowest BCUT2D eigenvalue weighted by Crippen LogP contribution is -2.52. The van der Waals surface area contributed by atoms with Gasteiger partial charge in [-0.2, -0.15) is 0 Å². The Labute approximate surface area is 178 Å². The zero-order valence-electron chi connectivity index (χ0n) is 18.0. The van der Waals surface area contributed by atoms with Crippen LogP contribution in [-0.4, -0.2) is 63.6 Å². The summed E-state index contributed by atoms with van der Waals surface area (Å²) in [6.07, 6.45) is 0. The number of amides is 1. The van der Waals surface area contributed by atoms with Gasteiger partial charge in [0.25, 0.3) is 5.91 Å². The van der Waals surface area contributed by atoms with Crippen LogP contribution in [-0.2, 0) is 6.54 Å². The predicted octanol–water partition coefficient (Wildman–Crippen LogP) is 2.34. The van der Waals surface area contributed by atoms with E-state index in [1.807, 2.05) is 36.4 Å². The van der Waals surface area contributed by atoms with E-state index in [2.05, 4.69) is 39.5 Å². The molecule has 0 radical (unpaired) electrons. The Morgan fingerprint density at radius 3 is 2.47 bits per heavy atom. The Morgan fingerprint density at radius 1 is 1.10 bits per heavy atom. The molecule has 0 unspecified atom stereocenters. The molecule has 1 aliphatic rings. The molecule has 0 spiro atoms. The molecule has 2 N–H and O–H groups in total. The fraction of sp³-hybridized carbons (Fsp3) is 0.391. The topological polar surface area (TPSA) is 69.2 Å². The number of nitrogens with zero attached hydrogens (tertiary/aromatic N) is 3. The first-order valence-electron chi connectivity index (χ1n) is 10.4. The Morgan fingerprint density at radius 2 is 1.83 bits per heavy atom. The molecule has 2 aromatic carbocycles. The number of ether oxygens (including phenoxy) is 1. The third kappa shape index (κ3) is 5.43. The Kier molecular flexibility index (Phi) is 7.54. The SMILES string of the molecule is CCNC(=NCc1ccc(C(=O)NC)cc1)N1CCN(c2cccc(OC)c2)CC1. The minimum absolute atomic E-state index is 0.0766. The van der Waals surface area contributed by atoms with Gasteiger partial charge in [-0.05, 0) is 36.8 Å². The van der Waals surface area contributed by atoms with Crippen LogP contribution in [0.5, 0.6) is 5.75 Å². The van der Waals surface area contributed by atoms with Crippen molar-refractivity contribution in [1.29, 1.82) is 0 Å². The molecule has 1 saturated heterocycles. The number of methoxy groups -OCH3 is 1. The van der Waals surface area contributed by atoms with Crippen LogP contribution in [0.15, 0.2) is 53.5 Å². The second kappa shape index (κ2) is 10.5. The fourth-order valence-electron chi connectivity index (χ4n) is 3.48. The molecule has 160 valence electrons. The number of carbonyl (C=O) groups excluding carboxylic acids is 1. The van der Waals surface area contributed by atoms with Crippen LogP contribution in [0.4, 0.5) is 5.69 Å². The third-order valence-corrected chi connectivity index (χ3v) is 5.19. The van der Waals surface area contributed by atoms with Crippen molar-refractivity contribution in [3.63, 3.8) is 0 Å². The van der Waals surface area contributed by atoms with E-state index >= 15 is 0 Å². The number of aliphatic imine (C=N–C) groups is 1. The number of anilines is 1. The van der Waals surface area contributed by atoms with Crippen LogP contribution in [0.1, 0.15) is 22.8 Å². The van der Waals surface area contributed by atoms with Crippen LogP contribution >= 0.6 is 0 Å². The zero-order valence-corrected chi connectivity index (χ0v) is 18.0. The summed E-state index contributed by atoms with van der Waals surface area (Å²) >= 11 is 0. The lowest BCUT2D eigenvalue weighted by Gasteiger charge is -2.37. The molecule has 0 bridgehead atoms. The molecule has 1 heterocycles. The van der Waals surface area contributed by atoms with Crippen molar-refractivity contribution in [2.75, 3.05) is 51.8 Å². The molecular formula is C23H31N5O2. The van der Waals surface area contributed by atoms with Crippen molar-refractivity contribution in [1.82, 2.24) is 15.5 Å². The van der Waals surface area contributed by atoms with E-state index in [1.165, 1.54) is 5.69 Å². The van der Waals surface area contributed by atoms with Crippen LogP contribution in [0.25, 0.3) is 0 Å². The van der Waals surface area contributed by atoms with Gasteiger partial charge in [-0.25, -0.2) is 4.99 Å². The van der Waals surface area contributed by atoms with Crippen LogP contribution in [0.2, 0.25) is 0 Å². The summed E-state index contributed by atoms with van der Waals surface area (Å²) in [6.45, 7) is 7.14. The van der Waals surface area contributed by atoms with Gasteiger partial charge in [0.1, 0.15) is 5.75 Å². The number of rotatable bonds is 6. The number of guanidine groups is 1. The third-order valence-electron chi connectivity index (χ3n) is 5.19. The van der Waals surface area contributed by atoms with Gasteiger partial charge in [-0.3, -0.25) is 4.79 Å². The summed E-state index contributed by atoms with van der Waals surface area (Å²) in [7, 11) is 3.33. The number of carbonyl (C=O) groups is 1. The Balaban J connectivity index is 1.61. The molecule has 0 aliphatic carbocycles. The van der Waals surface area contributed by atoms with Crippen molar-refractivity contribution >= 4 is 17.6 Å². The summed E-state index contributed by atoms with van der Waals surface area (Å²) in [5.74, 6) is 1.73. The summed E-state index contributed by atoms with van der Waals surface area (Å²) in [5.41, 5.74) is 2.92. The first-order chi connectivity index (χ1) is 14.6. The van der Waals surface area contributed by atoms with Gasteiger partial charge >= 0.3 is 0 Å². The van der Waals surface area contributed by atoms with Crippen LogP contribution < -0.4 is 20.3 Å². The molecule has 30 heavy (non-hydrogen) atoms. The van der Waals surface area contributed by atoms with Gasteiger partial charge in [0, 0.05) is 57.1 Å². The molecule has 0 saturated carbocycles. The van der Waals surface area contributed by atoms with E-state index in [0.29, 0.717) is 12.1 Å². The number of piperazine rings is 1. The second-order valence-electron chi connectivity index (χ2n) is 7.12. The summed E-state index contributed by atoms with van der Waals surface area (Å²) in [5, 5.41) is 6.05. The highest BCUT2D eigenvalue weighted by atomic mass is 16.5. The lowest BCUT2D eigenvalue weighted by atomic mass is 10.1. The van der Waals surface area contributed by atoms with Gasteiger partial charge in [-0.1, -0.05) is 18.2 Å². The quantitative estimate of drug-likeness (QED) is 0.566. The van der Waals surface area contributed by atoms with E-state index in [0.717, 1.165) is 50.0 Å². The van der Waals surface area contributed by atoms with Crippen molar-refractivity contribution in [3.8, 4) is 5.75 Å². The van der Waals surface area contributed by atoms with Gasteiger partial charge in [-0.15, -0.1) is 0 Å². The highest BCUT2D eigenvalue weighted by molar-refractivity contribution is 5.93. The molecule has 7 heteroatoms. The normalized spacial score (nSPS) is 14.4. The highest BCUT2D eigenvalue weighted by Gasteiger charge is 2.20. The molecule has 1 aliphatic heterocycles. The van der Waals surface area contributed by atoms with Crippen molar-refractivity contribution < 1.29 is 9.53 Å². The molecule has 1 fully saturated rings. The van der Waals surface area contributed by atoms with E-state index in [1.54, 1.807) is 14.2 Å². The average Bonchev–Trinajstić information content (AvgIpc) is 2.81. The molecule has 3 rings (SSSR count). The van der Waals surface area contributed by atoms with Crippen LogP contribution in [0.3, 0.4) is 0 Å². The van der Waals surface area contributed by atoms with E-state index < -0.39 is 0 Å². The number of hydrogen-bond donors (Lipinski definition) is 2. The molecule has 2 aromatic rings. The number of hydrogen-bond acceptors (Lipinski definition) is 4. The Hall–Kier alpha value is -3.22. The van der Waals surface area contributed by atoms with Gasteiger partial charge in [0.2, 0.25) is 0 Å². The summed E-state index contributed by atoms with van der Waals surface area (Å²) in [4.78, 5) is 21.2. The average molecular weight is 410 g/mol. The zero-order chi connectivity index (χ0) is 21.3. The maximum Gasteiger partial charge on any atom is 0.251 e. The highest BCUT2D eigenvalue weighted by Crippen LogP contribution is 2.22. The fourth-order valence-corrected chi connectivity index (χ4v) is 3.48. The predicted molar refractivity (Wildman–Crippen MR) is 121 cm³/mol. The van der Waals surface area contributed by atoms with E-state index in [9.17, 15) is 4.79 Å². The lowest BCUT2D eigenvalue weighted by molar-refractivity contribution is 0.0963. The minimum atomic E-state index is -0.0766. The molecular weight excluding hydrogens is 378 g/mol. The smallest absolute Gasteiger partial charge is 0.251 e. The van der Waals surface area contributed by atoms with Gasteiger partial charge in [0.05, 0.1) is 13.7 Å². The van der Waals surface area contributed by atoms with E-state index in [4.69, 9.17) is 9.73 Å². The van der Waals surface area contributed by atoms with Crippen molar-refractivity contribution in [2.45, 2.75) is 13.5 Å². The summed E-state index contributed by atoms with van der Waals surface area (Å²) < 4.78 is 5.35. The molecule has 1 amide bonds. The summed E-state index contributed by atoms with van der Waals surface area (Å²) in [6, 6.07) is 15.8. The van der Waals surface area contributed by atoms with Crippen molar-refractivity contribution in [3.05, 3.63) is 59.7 Å². The van der Waals surface area contributed by atoms with Crippen LogP contribution in [0, 0.1) is 0 Å². The number of benzene rings is 2. The molecule has 0 atom stereocenters. The van der Waals surface area contributed by atoms with Gasteiger partial charge < -0.3 is 25.2 Å². The largest absolute Gasteiger partial charge is 0.497 e. The second-order valence-corrected chi connectivity index (χ2v) is 7.12. The Bertz CT molecular complexity index is 858. The van der Waals surface area contributed by atoms with E-state index in [-0.39, 0.29) is 5.91 Å². The standard InChI is InChI=1S/C23H31N5O2/c1-4-25-23(26-17-18-8-10-19(11-9-18)22(29)24-2)28-14-12-27(13-15-28)20-6-5-7-21(16-20)30-3/h5-11,16H,4,12-15,17H2,1-3H3,(H,24,29)(H,25,26). The maximum atomic E-state index is 11.7.